The molecule has 3 unspecified atom stereocenters. The molecule has 1 heterocycles. The molecule has 9 nitrogen and oxygen atoms in total. The van der Waals surface area contributed by atoms with Crippen LogP contribution in [0.15, 0.2) is 0 Å². The van der Waals surface area contributed by atoms with Crippen molar-refractivity contribution in [3.63, 3.8) is 0 Å². The van der Waals surface area contributed by atoms with E-state index < -0.39 is 18.3 Å². The van der Waals surface area contributed by atoms with Crippen LogP contribution in [0.5, 0.6) is 0 Å². The summed E-state index contributed by atoms with van der Waals surface area (Å²) in [6.07, 6.45) is 4.50. The number of rotatable bonds is 20. The van der Waals surface area contributed by atoms with Crippen LogP contribution in [0.1, 0.15) is 38.5 Å². The fourth-order valence-electron chi connectivity index (χ4n) is 3.01. The number of carbonyl (C=O) groups is 1. The van der Waals surface area contributed by atoms with E-state index in [1.54, 1.807) is 0 Å². The molecule has 0 aliphatic carbocycles. The summed E-state index contributed by atoms with van der Waals surface area (Å²) in [7, 11) is 0. The lowest BCUT2D eigenvalue weighted by molar-refractivity contribution is -0.154. The molecule has 0 aromatic rings. The van der Waals surface area contributed by atoms with Crippen LogP contribution in [0.2, 0.25) is 0 Å². The molecule has 1 aliphatic rings. The highest BCUT2D eigenvalue weighted by atomic mass is 16.5. The van der Waals surface area contributed by atoms with Crippen LogP contribution in [0.25, 0.3) is 0 Å². The quantitative estimate of drug-likeness (QED) is 0.131. The highest BCUT2D eigenvalue weighted by Crippen LogP contribution is 2.15. The Morgan fingerprint density at radius 2 is 1.59 bits per heavy atom. The predicted molar refractivity (Wildman–Crippen MR) is 111 cm³/mol. The maximum atomic E-state index is 10.0. The fourth-order valence-corrected chi connectivity index (χ4v) is 3.01. The zero-order chi connectivity index (χ0) is 21.0. The van der Waals surface area contributed by atoms with E-state index in [0.29, 0.717) is 52.4 Å². The molecule has 3 atom stereocenters. The van der Waals surface area contributed by atoms with E-state index in [4.69, 9.17) is 14.2 Å². The van der Waals surface area contributed by atoms with Crippen LogP contribution in [0.3, 0.4) is 0 Å². The topological polar surface area (TPSA) is 121 Å². The van der Waals surface area contributed by atoms with Crippen molar-refractivity contribution in [1.29, 1.82) is 0 Å². The van der Waals surface area contributed by atoms with Gasteiger partial charge in [0, 0.05) is 26.4 Å². The van der Waals surface area contributed by atoms with E-state index in [9.17, 15) is 15.0 Å². The third kappa shape index (κ3) is 14.8. The average molecular weight is 420 g/mol. The monoisotopic (exact) mass is 419 g/mol. The average Bonchev–Trinajstić information content (AvgIpc) is 2.72. The molecule has 0 bridgehead atoms. The van der Waals surface area contributed by atoms with Crippen molar-refractivity contribution in [3.8, 4) is 0 Å². The molecule has 0 radical (unpaired) electrons. The fraction of sp³-hybridized carbons (Fsp3) is 0.950. The molecule has 0 aromatic heterocycles. The summed E-state index contributed by atoms with van der Waals surface area (Å²) >= 11 is 0. The van der Waals surface area contributed by atoms with Gasteiger partial charge in [-0.1, -0.05) is 0 Å². The predicted octanol–water partition coefficient (Wildman–Crippen LogP) is -0.594. The molecule has 172 valence electrons. The van der Waals surface area contributed by atoms with E-state index >= 15 is 0 Å². The molecule has 1 saturated heterocycles. The van der Waals surface area contributed by atoms with Gasteiger partial charge in [-0.05, 0) is 64.7 Å². The second-order valence-corrected chi connectivity index (χ2v) is 7.28. The van der Waals surface area contributed by atoms with Crippen LogP contribution in [0, 0.1) is 0 Å². The van der Waals surface area contributed by atoms with E-state index in [2.05, 4.69) is 16.0 Å². The second-order valence-electron chi connectivity index (χ2n) is 7.28. The Balaban J connectivity index is 1.71. The SMILES string of the molecule is O=CNCCOCCCNCCCNCCCCCOCC1OCCC(O)C1O. The molecule has 0 aromatic carbocycles. The van der Waals surface area contributed by atoms with E-state index in [1.165, 1.54) is 0 Å². The number of nitrogens with one attached hydrogen (secondary N) is 3. The Labute approximate surface area is 174 Å². The van der Waals surface area contributed by atoms with E-state index in [-0.39, 0.29) is 0 Å². The van der Waals surface area contributed by atoms with E-state index in [0.717, 1.165) is 58.3 Å². The van der Waals surface area contributed by atoms with Gasteiger partial charge in [0.25, 0.3) is 0 Å². The lowest BCUT2D eigenvalue weighted by Crippen LogP contribution is -2.46. The summed E-state index contributed by atoms with van der Waals surface area (Å²) in [5, 5.41) is 28.8. The van der Waals surface area contributed by atoms with Crippen molar-refractivity contribution in [2.45, 2.75) is 56.8 Å². The Morgan fingerprint density at radius 3 is 2.38 bits per heavy atom. The number of aliphatic hydroxyl groups is 2. The van der Waals surface area contributed by atoms with Gasteiger partial charge in [0.2, 0.25) is 6.41 Å². The minimum Gasteiger partial charge on any atom is -0.390 e. The maximum Gasteiger partial charge on any atom is 0.207 e. The summed E-state index contributed by atoms with van der Waals surface area (Å²) in [6, 6.07) is 0. The number of ether oxygens (including phenoxy) is 3. The van der Waals surface area contributed by atoms with Gasteiger partial charge in [0.15, 0.2) is 0 Å². The van der Waals surface area contributed by atoms with Gasteiger partial charge < -0.3 is 40.4 Å². The number of aliphatic hydroxyl groups excluding tert-OH is 2. The van der Waals surface area contributed by atoms with Crippen molar-refractivity contribution in [2.24, 2.45) is 0 Å². The Bertz CT molecular complexity index is 378. The molecule has 29 heavy (non-hydrogen) atoms. The van der Waals surface area contributed by atoms with E-state index in [1.807, 2.05) is 0 Å². The second kappa shape index (κ2) is 19.2. The molecule has 9 heteroatoms. The van der Waals surface area contributed by atoms with Gasteiger partial charge in [0.1, 0.15) is 12.2 Å². The molecular formula is C20H41N3O6. The number of hydrogen-bond donors (Lipinski definition) is 5. The van der Waals surface area contributed by atoms with Crippen molar-refractivity contribution in [1.82, 2.24) is 16.0 Å². The minimum absolute atomic E-state index is 0.340. The van der Waals surface area contributed by atoms with Crippen molar-refractivity contribution in [3.05, 3.63) is 0 Å². The first-order valence-electron chi connectivity index (χ1n) is 11.0. The van der Waals surface area contributed by atoms with Gasteiger partial charge in [-0.2, -0.15) is 0 Å². The van der Waals surface area contributed by atoms with Crippen LogP contribution >= 0.6 is 0 Å². The van der Waals surface area contributed by atoms with Gasteiger partial charge >= 0.3 is 0 Å². The zero-order valence-corrected chi connectivity index (χ0v) is 17.7. The largest absolute Gasteiger partial charge is 0.390 e. The van der Waals surface area contributed by atoms with Gasteiger partial charge in [-0.25, -0.2) is 0 Å². The van der Waals surface area contributed by atoms with Crippen LogP contribution < -0.4 is 16.0 Å². The molecule has 1 amide bonds. The Hall–Kier alpha value is -0.810. The molecule has 1 fully saturated rings. The molecule has 5 N–H and O–H groups in total. The summed E-state index contributed by atoms with van der Waals surface area (Å²) < 4.78 is 16.4. The summed E-state index contributed by atoms with van der Waals surface area (Å²) in [5.41, 5.74) is 0. The molecular weight excluding hydrogens is 378 g/mol. The molecule has 0 saturated carbocycles. The van der Waals surface area contributed by atoms with Crippen LogP contribution in [-0.4, -0.2) is 101 Å². The van der Waals surface area contributed by atoms with Crippen LogP contribution in [-0.2, 0) is 19.0 Å². The molecule has 0 spiro atoms. The lowest BCUT2D eigenvalue weighted by Gasteiger charge is -2.31. The third-order valence-electron chi connectivity index (χ3n) is 4.77. The highest BCUT2D eigenvalue weighted by molar-refractivity contribution is 5.45. The molecule has 1 rings (SSSR count). The van der Waals surface area contributed by atoms with Crippen molar-refractivity contribution >= 4 is 6.41 Å². The first-order chi connectivity index (χ1) is 14.3. The normalized spacial score (nSPS) is 21.9. The molecule has 1 aliphatic heterocycles. The number of hydrogen-bond acceptors (Lipinski definition) is 8. The smallest absolute Gasteiger partial charge is 0.207 e. The first kappa shape index (κ1) is 26.2. The standard InChI is InChI=1S/C20H41N3O6/c24-17-23-11-15-27-13-5-10-22-9-4-8-21-7-2-1-3-12-28-16-19-20(26)18(25)6-14-29-19/h17-22,25-26H,1-16H2,(H,23,24). The van der Waals surface area contributed by atoms with Crippen molar-refractivity contribution < 1.29 is 29.2 Å². The van der Waals surface area contributed by atoms with Gasteiger partial charge in [0.05, 0.1) is 19.3 Å². The lowest BCUT2D eigenvalue weighted by atomic mass is 10.0. The number of carbonyl (C=O) groups excluding carboxylic acids is 1. The summed E-state index contributed by atoms with van der Waals surface area (Å²) in [4.78, 5) is 10.0. The van der Waals surface area contributed by atoms with Gasteiger partial charge in [-0.15, -0.1) is 0 Å². The number of amides is 1. The maximum absolute atomic E-state index is 10.0. The zero-order valence-electron chi connectivity index (χ0n) is 17.7. The van der Waals surface area contributed by atoms with Crippen molar-refractivity contribution in [2.75, 3.05) is 65.8 Å². The number of unbranched alkanes of at least 4 members (excludes halogenated alkanes) is 2. The summed E-state index contributed by atoms with van der Waals surface area (Å²) in [5.74, 6) is 0. The first-order valence-corrected chi connectivity index (χ1v) is 11.0. The highest BCUT2D eigenvalue weighted by Gasteiger charge is 2.31. The summed E-state index contributed by atoms with van der Waals surface area (Å²) in [6.45, 7) is 7.29. The Kier molecular flexibility index (Phi) is 17.3. The van der Waals surface area contributed by atoms with Gasteiger partial charge in [-0.3, -0.25) is 4.79 Å². The van der Waals surface area contributed by atoms with Crippen LogP contribution in [0.4, 0.5) is 0 Å². The minimum atomic E-state index is -0.840. The third-order valence-corrected chi connectivity index (χ3v) is 4.77. The Morgan fingerprint density at radius 1 is 0.862 bits per heavy atom.